The first-order valence-electron chi connectivity index (χ1n) is 5.57. The Labute approximate surface area is 95.5 Å². The van der Waals surface area contributed by atoms with E-state index in [9.17, 15) is 0 Å². The summed E-state index contributed by atoms with van der Waals surface area (Å²) in [6.45, 7) is 1.81. The summed E-state index contributed by atoms with van der Waals surface area (Å²) >= 11 is 0. The first-order chi connectivity index (χ1) is 7.95. The number of aromatic nitrogens is 1. The molecular weight excluding hydrogens is 200 g/mol. The first-order valence-corrected chi connectivity index (χ1v) is 5.57. The molecular formula is C13H16N2O. The Bertz CT molecular complexity index is 384. The van der Waals surface area contributed by atoms with Crippen molar-refractivity contribution in [2.75, 3.05) is 6.54 Å². The van der Waals surface area contributed by atoms with Gasteiger partial charge in [0.15, 0.2) is 0 Å². The van der Waals surface area contributed by atoms with E-state index in [4.69, 9.17) is 4.42 Å². The highest BCUT2D eigenvalue weighted by Crippen LogP contribution is 2.01. The van der Waals surface area contributed by atoms with Crippen molar-refractivity contribution in [2.45, 2.75) is 19.4 Å². The normalized spacial score (nSPS) is 10.5. The van der Waals surface area contributed by atoms with Crippen molar-refractivity contribution in [1.82, 2.24) is 10.3 Å². The highest BCUT2D eigenvalue weighted by atomic mass is 16.3. The van der Waals surface area contributed by atoms with E-state index in [0.717, 1.165) is 31.7 Å². The molecule has 2 heterocycles. The van der Waals surface area contributed by atoms with Gasteiger partial charge in [-0.15, -0.1) is 0 Å². The van der Waals surface area contributed by atoms with Crippen molar-refractivity contribution in [1.29, 1.82) is 0 Å². The van der Waals surface area contributed by atoms with Crippen LogP contribution in [0.25, 0.3) is 0 Å². The van der Waals surface area contributed by atoms with Crippen molar-refractivity contribution in [3.8, 4) is 0 Å². The van der Waals surface area contributed by atoms with Crippen LogP contribution in [0.3, 0.4) is 0 Å². The van der Waals surface area contributed by atoms with Gasteiger partial charge in [0.25, 0.3) is 0 Å². The molecule has 0 unspecified atom stereocenters. The third-order valence-electron chi connectivity index (χ3n) is 2.45. The lowest BCUT2D eigenvalue weighted by atomic mass is 10.1. The second-order valence-electron chi connectivity index (χ2n) is 3.72. The minimum Gasteiger partial charge on any atom is -0.468 e. The molecule has 2 aromatic heterocycles. The smallest absolute Gasteiger partial charge is 0.117 e. The molecule has 84 valence electrons. The van der Waals surface area contributed by atoms with Gasteiger partial charge in [-0.1, -0.05) is 0 Å². The second kappa shape index (κ2) is 6.08. The summed E-state index contributed by atoms with van der Waals surface area (Å²) in [7, 11) is 0. The number of aryl methyl sites for hydroxylation is 1. The van der Waals surface area contributed by atoms with Gasteiger partial charge in [0.05, 0.1) is 12.8 Å². The van der Waals surface area contributed by atoms with Gasteiger partial charge in [0.1, 0.15) is 5.76 Å². The van der Waals surface area contributed by atoms with E-state index in [1.807, 2.05) is 24.5 Å². The molecule has 3 nitrogen and oxygen atoms in total. The maximum absolute atomic E-state index is 5.23. The molecule has 2 rings (SSSR count). The van der Waals surface area contributed by atoms with Crippen LogP contribution >= 0.6 is 0 Å². The van der Waals surface area contributed by atoms with Crippen LogP contribution in [0.1, 0.15) is 17.7 Å². The van der Waals surface area contributed by atoms with E-state index < -0.39 is 0 Å². The number of pyridine rings is 1. The number of hydrogen-bond donors (Lipinski definition) is 1. The minimum absolute atomic E-state index is 0.809. The predicted molar refractivity (Wildman–Crippen MR) is 63.0 cm³/mol. The number of hydrogen-bond acceptors (Lipinski definition) is 3. The molecule has 0 aliphatic rings. The summed E-state index contributed by atoms with van der Waals surface area (Å²) in [4.78, 5) is 4.00. The Hall–Kier alpha value is -1.61. The first kappa shape index (κ1) is 10.9. The van der Waals surface area contributed by atoms with Crippen LogP contribution in [0.4, 0.5) is 0 Å². The molecule has 1 N–H and O–H groups in total. The zero-order valence-electron chi connectivity index (χ0n) is 9.23. The molecule has 0 aliphatic heterocycles. The highest BCUT2D eigenvalue weighted by Gasteiger charge is 1.95. The monoisotopic (exact) mass is 216 g/mol. The van der Waals surface area contributed by atoms with Crippen molar-refractivity contribution in [2.24, 2.45) is 0 Å². The Balaban J connectivity index is 1.59. The zero-order valence-corrected chi connectivity index (χ0v) is 9.23. The lowest BCUT2D eigenvalue weighted by Crippen LogP contribution is -2.14. The number of nitrogens with zero attached hydrogens (tertiary/aromatic N) is 1. The number of furan rings is 1. The van der Waals surface area contributed by atoms with Gasteiger partial charge in [0, 0.05) is 12.4 Å². The fraction of sp³-hybridized carbons (Fsp3) is 0.308. The van der Waals surface area contributed by atoms with Crippen molar-refractivity contribution >= 4 is 0 Å². The summed E-state index contributed by atoms with van der Waals surface area (Å²) in [5.74, 6) is 0.990. The van der Waals surface area contributed by atoms with Crippen LogP contribution in [-0.2, 0) is 13.0 Å². The molecule has 0 amide bonds. The van der Waals surface area contributed by atoms with Gasteiger partial charge in [-0.25, -0.2) is 0 Å². The van der Waals surface area contributed by atoms with Crippen molar-refractivity contribution in [3.63, 3.8) is 0 Å². The molecule has 0 aliphatic carbocycles. The van der Waals surface area contributed by atoms with Gasteiger partial charge >= 0.3 is 0 Å². The van der Waals surface area contributed by atoms with Crippen LogP contribution in [0.15, 0.2) is 47.3 Å². The average Bonchev–Trinajstić information content (AvgIpc) is 2.83. The molecule has 0 bridgehead atoms. The summed E-state index contributed by atoms with van der Waals surface area (Å²) in [5.41, 5.74) is 1.34. The molecule has 2 aromatic rings. The van der Waals surface area contributed by atoms with Crippen LogP contribution in [-0.4, -0.2) is 11.5 Å². The Morgan fingerprint density at radius 1 is 1.19 bits per heavy atom. The maximum atomic E-state index is 5.23. The molecule has 0 saturated heterocycles. The van der Waals surface area contributed by atoms with E-state index in [-0.39, 0.29) is 0 Å². The maximum Gasteiger partial charge on any atom is 0.117 e. The van der Waals surface area contributed by atoms with Crippen molar-refractivity contribution in [3.05, 3.63) is 54.2 Å². The second-order valence-corrected chi connectivity index (χ2v) is 3.72. The minimum atomic E-state index is 0.809. The van der Waals surface area contributed by atoms with Gasteiger partial charge < -0.3 is 9.73 Å². The molecule has 0 fully saturated rings. The van der Waals surface area contributed by atoms with E-state index in [0.29, 0.717) is 0 Å². The fourth-order valence-corrected chi connectivity index (χ4v) is 1.59. The SMILES string of the molecule is c1coc(CNCCCc2ccncc2)c1. The average molecular weight is 216 g/mol. The Morgan fingerprint density at radius 3 is 2.81 bits per heavy atom. The van der Waals surface area contributed by atoms with Gasteiger partial charge in [0.2, 0.25) is 0 Å². The highest BCUT2D eigenvalue weighted by molar-refractivity contribution is 5.09. The Morgan fingerprint density at radius 2 is 2.06 bits per heavy atom. The summed E-state index contributed by atoms with van der Waals surface area (Å²) in [6, 6.07) is 8.02. The molecule has 0 radical (unpaired) electrons. The fourth-order valence-electron chi connectivity index (χ4n) is 1.59. The van der Waals surface area contributed by atoms with Crippen molar-refractivity contribution < 1.29 is 4.42 Å². The van der Waals surface area contributed by atoms with E-state index in [2.05, 4.69) is 22.4 Å². The molecule has 3 heteroatoms. The number of nitrogens with one attached hydrogen (secondary N) is 1. The Kier molecular flexibility index (Phi) is 4.14. The largest absolute Gasteiger partial charge is 0.468 e. The van der Waals surface area contributed by atoms with Gasteiger partial charge in [-0.3, -0.25) is 4.98 Å². The van der Waals surface area contributed by atoms with Crippen LogP contribution in [0.5, 0.6) is 0 Å². The van der Waals surface area contributed by atoms with E-state index >= 15 is 0 Å². The van der Waals surface area contributed by atoms with E-state index in [1.165, 1.54) is 5.56 Å². The predicted octanol–water partition coefficient (Wildman–Crippen LogP) is 2.40. The topological polar surface area (TPSA) is 38.1 Å². The van der Waals surface area contributed by atoms with E-state index in [1.54, 1.807) is 6.26 Å². The molecule has 0 spiro atoms. The van der Waals surface area contributed by atoms with Gasteiger partial charge in [-0.05, 0) is 49.2 Å². The quantitative estimate of drug-likeness (QED) is 0.753. The van der Waals surface area contributed by atoms with Crippen LogP contribution in [0.2, 0.25) is 0 Å². The summed E-state index contributed by atoms with van der Waals surface area (Å²) in [6.07, 6.45) is 7.60. The number of rotatable bonds is 6. The summed E-state index contributed by atoms with van der Waals surface area (Å²) in [5, 5.41) is 3.35. The summed E-state index contributed by atoms with van der Waals surface area (Å²) < 4.78 is 5.23. The third-order valence-corrected chi connectivity index (χ3v) is 2.45. The lowest BCUT2D eigenvalue weighted by Gasteiger charge is -2.02. The van der Waals surface area contributed by atoms with Gasteiger partial charge in [-0.2, -0.15) is 0 Å². The molecule has 0 atom stereocenters. The molecule has 0 saturated carbocycles. The van der Waals surface area contributed by atoms with Crippen LogP contribution in [0, 0.1) is 0 Å². The molecule has 16 heavy (non-hydrogen) atoms. The van der Waals surface area contributed by atoms with Crippen LogP contribution < -0.4 is 5.32 Å². The standard InChI is InChI=1S/C13H16N2O/c1(3-12-5-8-14-9-6-12)7-15-11-13-4-2-10-16-13/h2,4-6,8-10,15H,1,3,7,11H2. The lowest BCUT2D eigenvalue weighted by molar-refractivity contribution is 0.481. The molecule has 0 aromatic carbocycles. The third kappa shape index (κ3) is 3.51. The zero-order chi connectivity index (χ0) is 11.1.